The van der Waals surface area contributed by atoms with Crippen molar-refractivity contribution in [2.75, 3.05) is 24.2 Å². The minimum Gasteiger partial charge on any atom is -0.497 e. The van der Waals surface area contributed by atoms with E-state index >= 15 is 0 Å². The summed E-state index contributed by atoms with van der Waals surface area (Å²) in [4.78, 5) is 0.199. The van der Waals surface area contributed by atoms with E-state index in [1.807, 2.05) is 6.92 Å². The van der Waals surface area contributed by atoms with Crippen LogP contribution in [0.5, 0.6) is 5.75 Å². The van der Waals surface area contributed by atoms with Gasteiger partial charge in [-0.3, -0.25) is 4.31 Å². The maximum Gasteiger partial charge on any atom is 0.264 e. The van der Waals surface area contributed by atoms with Gasteiger partial charge in [-0.25, -0.2) is 8.42 Å². The molecule has 0 unspecified atom stereocenters. The van der Waals surface area contributed by atoms with E-state index in [0.717, 1.165) is 5.56 Å². The highest BCUT2D eigenvalue weighted by molar-refractivity contribution is 7.92. The quantitative estimate of drug-likeness (QED) is 0.880. The highest BCUT2D eigenvalue weighted by Gasteiger charge is 2.21. The largest absolute Gasteiger partial charge is 0.497 e. The van der Waals surface area contributed by atoms with Crippen molar-refractivity contribution in [2.24, 2.45) is 0 Å². The van der Waals surface area contributed by atoms with Crippen molar-refractivity contribution in [1.82, 2.24) is 0 Å². The third kappa shape index (κ3) is 2.95. The normalized spacial score (nSPS) is 11.2. The predicted molar refractivity (Wildman–Crippen MR) is 84.2 cm³/mol. The van der Waals surface area contributed by atoms with E-state index in [2.05, 4.69) is 0 Å². The molecule has 0 amide bonds. The predicted octanol–water partition coefficient (Wildman–Crippen LogP) is 2.41. The van der Waals surface area contributed by atoms with Crippen LogP contribution in [0.4, 0.5) is 11.4 Å². The Morgan fingerprint density at radius 2 is 1.71 bits per heavy atom. The van der Waals surface area contributed by atoms with Gasteiger partial charge >= 0.3 is 0 Å². The monoisotopic (exact) mass is 306 g/mol. The van der Waals surface area contributed by atoms with Crippen molar-refractivity contribution in [3.8, 4) is 5.75 Å². The fraction of sp³-hybridized carbons (Fsp3) is 0.200. The van der Waals surface area contributed by atoms with Crippen LogP contribution < -0.4 is 14.8 Å². The summed E-state index contributed by atoms with van der Waals surface area (Å²) in [6.07, 6.45) is 0. The minimum absolute atomic E-state index is 0.199. The molecule has 0 aliphatic carbocycles. The number of nitrogens with zero attached hydrogens (tertiary/aromatic N) is 1. The lowest BCUT2D eigenvalue weighted by atomic mass is 10.2. The fourth-order valence-corrected chi connectivity index (χ4v) is 3.06. The van der Waals surface area contributed by atoms with Crippen LogP contribution in [0.15, 0.2) is 47.4 Å². The first-order chi connectivity index (χ1) is 9.86. The highest BCUT2D eigenvalue weighted by Crippen LogP contribution is 2.26. The number of aryl methyl sites for hydroxylation is 1. The molecule has 0 saturated heterocycles. The van der Waals surface area contributed by atoms with E-state index in [-0.39, 0.29) is 4.90 Å². The Hall–Kier alpha value is -2.21. The number of sulfonamides is 1. The van der Waals surface area contributed by atoms with Crippen molar-refractivity contribution in [3.63, 3.8) is 0 Å². The summed E-state index contributed by atoms with van der Waals surface area (Å²) in [5, 5.41) is 0. The molecule has 0 aliphatic rings. The summed E-state index contributed by atoms with van der Waals surface area (Å²) in [5.74, 6) is 0.608. The fourth-order valence-electron chi connectivity index (χ4n) is 1.87. The molecule has 21 heavy (non-hydrogen) atoms. The number of nitrogen functional groups attached to an aromatic ring is 1. The summed E-state index contributed by atoms with van der Waals surface area (Å²) < 4.78 is 31.4. The van der Waals surface area contributed by atoms with Crippen molar-refractivity contribution < 1.29 is 13.2 Å². The summed E-state index contributed by atoms with van der Waals surface area (Å²) in [6.45, 7) is 1.87. The molecule has 2 N–H and O–H groups in total. The minimum atomic E-state index is -3.62. The molecule has 0 atom stereocenters. The van der Waals surface area contributed by atoms with Gasteiger partial charge in [0, 0.05) is 12.7 Å². The third-order valence-electron chi connectivity index (χ3n) is 3.34. The number of nitrogens with two attached hydrogens (primary N) is 1. The SMILES string of the molecule is COc1ccc(S(=O)(=O)N(C)c2ccc(C)c(N)c2)cc1. The van der Waals surface area contributed by atoms with Gasteiger partial charge in [-0.1, -0.05) is 6.07 Å². The van der Waals surface area contributed by atoms with E-state index in [1.54, 1.807) is 30.3 Å². The average Bonchev–Trinajstić information content (AvgIpc) is 2.49. The van der Waals surface area contributed by atoms with Gasteiger partial charge in [0.15, 0.2) is 0 Å². The lowest BCUT2D eigenvalue weighted by molar-refractivity contribution is 0.414. The van der Waals surface area contributed by atoms with Crippen LogP contribution in [-0.4, -0.2) is 22.6 Å². The molecule has 0 aromatic heterocycles. The zero-order valence-electron chi connectivity index (χ0n) is 12.2. The lowest BCUT2D eigenvalue weighted by Crippen LogP contribution is -2.26. The van der Waals surface area contributed by atoms with Crippen LogP contribution in [0.25, 0.3) is 0 Å². The van der Waals surface area contributed by atoms with Gasteiger partial charge in [-0.05, 0) is 48.9 Å². The first kappa shape index (κ1) is 15.2. The third-order valence-corrected chi connectivity index (χ3v) is 5.14. The molecule has 2 aromatic carbocycles. The molecule has 0 heterocycles. The van der Waals surface area contributed by atoms with Crippen LogP contribution in [0.1, 0.15) is 5.56 Å². The van der Waals surface area contributed by atoms with Gasteiger partial charge in [-0.15, -0.1) is 0 Å². The molecule has 2 rings (SSSR count). The Balaban J connectivity index is 2.39. The van der Waals surface area contributed by atoms with Crippen molar-refractivity contribution in [3.05, 3.63) is 48.0 Å². The molecule has 0 fully saturated rings. The maximum atomic E-state index is 12.6. The molecule has 0 spiro atoms. The average molecular weight is 306 g/mol. The number of anilines is 2. The number of benzene rings is 2. The number of rotatable bonds is 4. The van der Waals surface area contributed by atoms with E-state index < -0.39 is 10.0 Å². The van der Waals surface area contributed by atoms with E-state index in [9.17, 15) is 8.42 Å². The van der Waals surface area contributed by atoms with Crippen LogP contribution in [0.2, 0.25) is 0 Å². The van der Waals surface area contributed by atoms with Crippen LogP contribution in [-0.2, 0) is 10.0 Å². The Morgan fingerprint density at radius 1 is 1.10 bits per heavy atom. The topological polar surface area (TPSA) is 72.6 Å². The Labute approximate surface area is 125 Å². The summed E-state index contributed by atoms with van der Waals surface area (Å²) in [7, 11) is -0.588. The molecule has 5 nitrogen and oxygen atoms in total. The number of hydrogen-bond acceptors (Lipinski definition) is 4. The highest BCUT2D eigenvalue weighted by atomic mass is 32.2. The van der Waals surface area contributed by atoms with E-state index in [0.29, 0.717) is 17.1 Å². The van der Waals surface area contributed by atoms with Crippen LogP contribution >= 0.6 is 0 Å². The van der Waals surface area contributed by atoms with Gasteiger partial charge in [0.05, 0.1) is 17.7 Å². The molecular formula is C15H18N2O3S. The first-order valence-corrected chi connectivity index (χ1v) is 7.79. The second kappa shape index (κ2) is 5.65. The van der Waals surface area contributed by atoms with Crippen molar-refractivity contribution >= 4 is 21.4 Å². The molecular weight excluding hydrogens is 288 g/mol. The van der Waals surface area contributed by atoms with Gasteiger partial charge in [0.1, 0.15) is 5.75 Å². The number of methoxy groups -OCH3 is 1. The molecule has 2 aromatic rings. The van der Waals surface area contributed by atoms with Crippen LogP contribution in [0.3, 0.4) is 0 Å². The molecule has 0 radical (unpaired) electrons. The second-order valence-corrected chi connectivity index (χ2v) is 6.66. The number of ether oxygens (including phenoxy) is 1. The summed E-state index contributed by atoms with van der Waals surface area (Å²) >= 11 is 0. The zero-order chi connectivity index (χ0) is 15.6. The second-order valence-electron chi connectivity index (χ2n) is 4.69. The van der Waals surface area contributed by atoms with E-state index in [1.165, 1.54) is 30.6 Å². The summed E-state index contributed by atoms with van der Waals surface area (Å²) in [6, 6.07) is 11.4. The van der Waals surface area contributed by atoms with Gasteiger partial charge in [0.2, 0.25) is 0 Å². The van der Waals surface area contributed by atoms with Gasteiger partial charge in [-0.2, -0.15) is 0 Å². The molecule has 0 bridgehead atoms. The Kier molecular flexibility index (Phi) is 4.09. The Bertz CT molecular complexity index is 740. The molecule has 112 valence electrons. The summed E-state index contributed by atoms with van der Waals surface area (Å²) in [5.41, 5.74) is 7.83. The van der Waals surface area contributed by atoms with Gasteiger partial charge in [0.25, 0.3) is 10.0 Å². The molecule has 6 heteroatoms. The lowest BCUT2D eigenvalue weighted by Gasteiger charge is -2.20. The zero-order valence-corrected chi connectivity index (χ0v) is 13.0. The number of hydrogen-bond donors (Lipinski definition) is 1. The standard InChI is InChI=1S/C15H18N2O3S/c1-11-4-5-12(10-15(11)16)17(2)21(18,19)14-8-6-13(20-3)7-9-14/h4-10H,16H2,1-3H3. The van der Waals surface area contributed by atoms with E-state index in [4.69, 9.17) is 10.5 Å². The Morgan fingerprint density at radius 3 is 2.24 bits per heavy atom. The molecule has 0 aliphatic heterocycles. The molecule has 0 saturated carbocycles. The smallest absolute Gasteiger partial charge is 0.264 e. The maximum absolute atomic E-state index is 12.6. The van der Waals surface area contributed by atoms with Crippen molar-refractivity contribution in [1.29, 1.82) is 0 Å². The first-order valence-electron chi connectivity index (χ1n) is 6.35. The van der Waals surface area contributed by atoms with Crippen molar-refractivity contribution in [2.45, 2.75) is 11.8 Å². The van der Waals surface area contributed by atoms with Crippen LogP contribution in [0, 0.1) is 6.92 Å². The van der Waals surface area contributed by atoms with Gasteiger partial charge < -0.3 is 10.5 Å².